The molecule has 6 unspecified atom stereocenters. The standard InChI is InChI=1S/C10H14O2/c1-12-8-3-2-5-6-4-7(8)10(11)9(5)6/h2-3,5-11H,4H2,1H3. The molecule has 0 amide bonds. The first-order valence-corrected chi connectivity index (χ1v) is 4.72. The Bertz CT molecular complexity index is 236. The van der Waals surface area contributed by atoms with Crippen LogP contribution in [0, 0.1) is 23.7 Å². The average Bonchev–Trinajstić information content (AvgIpc) is 2.69. The molecule has 4 bridgehead atoms. The van der Waals surface area contributed by atoms with Crippen molar-refractivity contribution >= 4 is 0 Å². The first-order chi connectivity index (χ1) is 5.83. The van der Waals surface area contributed by atoms with Crippen LogP contribution < -0.4 is 0 Å². The van der Waals surface area contributed by atoms with Crippen molar-refractivity contribution in [1.29, 1.82) is 0 Å². The molecule has 2 saturated carbocycles. The lowest BCUT2D eigenvalue weighted by Crippen LogP contribution is -2.29. The molecular weight excluding hydrogens is 152 g/mol. The minimum Gasteiger partial charge on any atom is -0.392 e. The van der Waals surface area contributed by atoms with Crippen molar-refractivity contribution in [2.45, 2.75) is 18.6 Å². The predicted molar refractivity (Wildman–Crippen MR) is 44.5 cm³/mol. The second kappa shape index (κ2) is 2.12. The van der Waals surface area contributed by atoms with Gasteiger partial charge >= 0.3 is 0 Å². The Morgan fingerprint density at radius 1 is 1.33 bits per heavy atom. The van der Waals surface area contributed by atoms with Gasteiger partial charge in [0.25, 0.3) is 0 Å². The highest BCUT2D eigenvalue weighted by Crippen LogP contribution is 2.62. The molecule has 12 heavy (non-hydrogen) atoms. The van der Waals surface area contributed by atoms with E-state index in [1.165, 1.54) is 6.42 Å². The van der Waals surface area contributed by atoms with Crippen LogP contribution in [0.3, 0.4) is 0 Å². The monoisotopic (exact) mass is 166 g/mol. The normalized spacial score (nSPS) is 60.2. The Labute approximate surface area is 72.2 Å². The largest absolute Gasteiger partial charge is 0.392 e. The van der Waals surface area contributed by atoms with Gasteiger partial charge in [-0.1, -0.05) is 12.2 Å². The number of hydrogen-bond acceptors (Lipinski definition) is 2. The molecule has 1 N–H and O–H groups in total. The minimum atomic E-state index is -0.0973. The average molecular weight is 166 g/mol. The van der Waals surface area contributed by atoms with Crippen molar-refractivity contribution in [3.63, 3.8) is 0 Å². The molecule has 0 aliphatic heterocycles. The van der Waals surface area contributed by atoms with Gasteiger partial charge in [-0.15, -0.1) is 0 Å². The van der Waals surface area contributed by atoms with Gasteiger partial charge in [0.15, 0.2) is 0 Å². The Morgan fingerprint density at radius 2 is 2.17 bits per heavy atom. The van der Waals surface area contributed by atoms with Crippen LogP contribution in [-0.4, -0.2) is 24.4 Å². The lowest BCUT2D eigenvalue weighted by molar-refractivity contribution is 0.0160. The third kappa shape index (κ3) is 0.679. The molecule has 0 aromatic carbocycles. The number of allylic oxidation sites excluding steroid dienone is 1. The molecule has 2 nitrogen and oxygen atoms in total. The van der Waals surface area contributed by atoms with Crippen LogP contribution in [0.5, 0.6) is 0 Å². The number of rotatable bonds is 1. The minimum absolute atomic E-state index is 0.0973. The van der Waals surface area contributed by atoms with Crippen LogP contribution in [0.2, 0.25) is 0 Å². The lowest BCUT2D eigenvalue weighted by Gasteiger charge is -2.22. The zero-order valence-corrected chi connectivity index (χ0v) is 7.18. The zero-order valence-electron chi connectivity index (χ0n) is 7.18. The Balaban J connectivity index is 1.93. The Hall–Kier alpha value is -0.340. The molecule has 2 fully saturated rings. The number of ether oxygens (including phenoxy) is 1. The van der Waals surface area contributed by atoms with E-state index >= 15 is 0 Å². The summed E-state index contributed by atoms with van der Waals surface area (Å²) in [6.07, 6.45) is 5.63. The summed E-state index contributed by atoms with van der Waals surface area (Å²) in [6.45, 7) is 0. The Kier molecular flexibility index (Phi) is 1.25. The summed E-state index contributed by atoms with van der Waals surface area (Å²) < 4.78 is 5.34. The van der Waals surface area contributed by atoms with Crippen LogP contribution in [0.4, 0.5) is 0 Å². The molecule has 0 spiro atoms. The first-order valence-electron chi connectivity index (χ1n) is 4.72. The van der Waals surface area contributed by atoms with E-state index < -0.39 is 0 Å². The number of hydrogen-bond donors (Lipinski definition) is 1. The predicted octanol–water partition coefficient (Wildman–Crippen LogP) is 0.814. The molecule has 66 valence electrons. The molecule has 2 heteroatoms. The molecule has 0 radical (unpaired) electrons. The third-order valence-corrected chi connectivity index (χ3v) is 3.89. The molecule has 0 aromatic rings. The topological polar surface area (TPSA) is 29.5 Å². The summed E-state index contributed by atoms with van der Waals surface area (Å²) in [5.74, 6) is 2.41. The highest BCUT2D eigenvalue weighted by atomic mass is 16.5. The third-order valence-electron chi connectivity index (χ3n) is 3.89. The van der Waals surface area contributed by atoms with Crippen LogP contribution in [-0.2, 0) is 4.74 Å². The smallest absolute Gasteiger partial charge is 0.0805 e. The fourth-order valence-corrected chi connectivity index (χ4v) is 3.20. The van der Waals surface area contributed by atoms with E-state index in [0.717, 1.165) is 5.92 Å². The van der Waals surface area contributed by atoms with E-state index in [9.17, 15) is 5.11 Å². The maximum absolute atomic E-state index is 9.89. The molecule has 0 saturated heterocycles. The maximum atomic E-state index is 9.89. The van der Waals surface area contributed by atoms with E-state index in [0.29, 0.717) is 17.8 Å². The van der Waals surface area contributed by atoms with Crippen molar-refractivity contribution in [2.75, 3.05) is 7.11 Å². The molecule has 4 rings (SSSR count). The van der Waals surface area contributed by atoms with Gasteiger partial charge in [0.2, 0.25) is 0 Å². The summed E-state index contributed by atoms with van der Waals surface area (Å²) >= 11 is 0. The van der Waals surface area contributed by atoms with E-state index in [1.807, 2.05) is 0 Å². The van der Waals surface area contributed by atoms with Gasteiger partial charge in [-0.25, -0.2) is 0 Å². The second-order valence-corrected chi connectivity index (χ2v) is 4.29. The van der Waals surface area contributed by atoms with E-state index in [4.69, 9.17) is 4.74 Å². The number of methoxy groups -OCH3 is 1. The summed E-state index contributed by atoms with van der Waals surface area (Å²) in [5.41, 5.74) is 0. The Morgan fingerprint density at radius 3 is 2.75 bits per heavy atom. The molecule has 0 aromatic heterocycles. The fourth-order valence-electron chi connectivity index (χ4n) is 3.20. The summed E-state index contributed by atoms with van der Waals surface area (Å²) in [5, 5.41) is 9.89. The van der Waals surface area contributed by atoms with Crippen molar-refractivity contribution in [3.05, 3.63) is 12.2 Å². The SMILES string of the molecule is COC1C=CC2C3CC1C(O)C23. The van der Waals surface area contributed by atoms with Crippen molar-refractivity contribution in [2.24, 2.45) is 23.7 Å². The van der Waals surface area contributed by atoms with Gasteiger partial charge in [0, 0.05) is 13.0 Å². The van der Waals surface area contributed by atoms with E-state index in [1.54, 1.807) is 7.11 Å². The van der Waals surface area contributed by atoms with Gasteiger partial charge in [-0.2, -0.15) is 0 Å². The quantitative estimate of drug-likeness (QED) is 0.584. The maximum Gasteiger partial charge on any atom is 0.0805 e. The number of fused-ring (bicyclic) bond motifs is 1. The highest BCUT2D eigenvalue weighted by molar-refractivity contribution is 5.22. The highest BCUT2D eigenvalue weighted by Gasteiger charge is 2.62. The van der Waals surface area contributed by atoms with Gasteiger partial charge in [0.05, 0.1) is 12.2 Å². The van der Waals surface area contributed by atoms with Crippen molar-refractivity contribution < 1.29 is 9.84 Å². The molecule has 4 aliphatic carbocycles. The van der Waals surface area contributed by atoms with Crippen molar-refractivity contribution in [1.82, 2.24) is 0 Å². The summed E-state index contributed by atoms with van der Waals surface area (Å²) in [7, 11) is 1.73. The van der Waals surface area contributed by atoms with Crippen molar-refractivity contribution in [3.8, 4) is 0 Å². The van der Waals surface area contributed by atoms with Crippen LogP contribution in [0.15, 0.2) is 12.2 Å². The van der Waals surface area contributed by atoms with Crippen LogP contribution in [0.1, 0.15) is 6.42 Å². The summed E-state index contributed by atoms with van der Waals surface area (Å²) in [6, 6.07) is 0. The lowest BCUT2D eigenvalue weighted by atomic mass is 9.95. The van der Waals surface area contributed by atoms with Crippen LogP contribution >= 0.6 is 0 Å². The fraction of sp³-hybridized carbons (Fsp3) is 0.800. The van der Waals surface area contributed by atoms with Gasteiger partial charge < -0.3 is 9.84 Å². The molecule has 4 aliphatic rings. The number of aliphatic hydroxyl groups is 1. The number of aliphatic hydroxyl groups excluding tert-OH is 1. The van der Waals surface area contributed by atoms with Gasteiger partial charge in [0.1, 0.15) is 0 Å². The molecule has 6 atom stereocenters. The molecule has 0 heterocycles. The van der Waals surface area contributed by atoms with Crippen LogP contribution in [0.25, 0.3) is 0 Å². The van der Waals surface area contributed by atoms with E-state index in [-0.39, 0.29) is 12.2 Å². The summed E-state index contributed by atoms with van der Waals surface area (Å²) in [4.78, 5) is 0. The zero-order chi connectivity index (χ0) is 8.29. The van der Waals surface area contributed by atoms with E-state index in [2.05, 4.69) is 12.2 Å². The second-order valence-electron chi connectivity index (χ2n) is 4.29. The van der Waals surface area contributed by atoms with Gasteiger partial charge in [-0.3, -0.25) is 0 Å². The van der Waals surface area contributed by atoms with Gasteiger partial charge in [-0.05, 0) is 24.2 Å². The first kappa shape index (κ1) is 7.10. The molecular formula is C10H14O2.